The number of halogens is 1. The quantitative estimate of drug-likeness (QED) is 0.508. The first kappa shape index (κ1) is 15.5. The molecule has 2 rings (SSSR count). The Balaban J connectivity index is 2.04. The topological polar surface area (TPSA) is 35.0 Å². The molecule has 0 aliphatic carbocycles. The van der Waals surface area contributed by atoms with Crippen LogP contribution in [0.25, 0.3) is 10.2 Å². The second-order valence-electron chi connectivity index (χ2n) is 5.15. The fourth-order valence-corrected chi connectivity index (χ4v) is 3.27. The molecule has 0 aliphatic rings. The van der Waals surface area contributed by atoms with Gasteiger partial charge in [-0.15, -0.1) is 11.3 Å². The van der Waals surface area contributed by atoms with Crippen molar-refractivity contribution in [2.45, 2.75) is 59.0 Å². The second kappa shape index (κ2) is 7.23. The van der Waals surface area contributed by atoms with Gasteiger partial charge in [0.05, 0.1) is 11.5 Å². The van der Waals surface area contributed by atoms with E-state index in [1.165, 1.54) is 30.6 Å². The minimum atomic E-state index is 0.154. The number of ether oxygens (including phenoxy) is 1. The zero-order chi connectivity index (χ0) is 14.5. The van der Waals surface area contributed by atoms with Gasteiger partial charge in [0.1, 0.15) is 4.83 Å². The lowest BCUT2D eigenvalue weighted by molar-refractivity contribution is 0.201. The second-order valence-corrected chi connectivity index (χ2v) is 6.72. The Labute approximate surface area is 129 Å². The molecule has 3 nitrogen and oxygen atoms in total. The van der Waals surface area contributed by atoms with Crippen LogP contribution in [0.4, 0.5) is 0 Å². The predicted octanol–water partition coefficient (Wildman–Crippen LogP) is 5.39. The molecule has 0 radical (unpaired) electrons. The maximum Gasteiger partial charge on any atom is 0.227 e. The molecule has 0 fully saturated rings. The predicted molar refractivity (Wildman–Crippen MR) is 86.0 cm³/mol. The average Bonchev–Trinajstić information content (AvgIpc) is 2.75. The summed E-state index contributed by atoms with van der Waals surface area (Å²) >= 11 is 7.58. The molecule has 2 aromatic heterocycles. The lowest BCUT2D eigenvalue weighted by atomic mass is 10.1. The molecule has 0 amide bonds. The minimum Gasteiger partial charge on any atom is -0.474 e. The van der Waals surface area contributed by atoms with Crippen molar-refractivity contribution in [3.8, 4) is 5.88 Å². The van der Waals surface area contributed by atoms with Crippen LogP contribution < -0.4 is 4.74 Å². The summed E-state index contributed by atoms with van der Waals surface area (Å²) in [4.78, 5) is 10.6. The van der Waals surface area contributed by atoms with Gasteiger partial charge in [-0.3, -0.25) is 0 Å². The summed E-state index contributed by atoms with van der Waals surface area (Å²) in [7, 11) is 0. The third kappa shape index (κ3) is 4.06. The summed E-state index contributed by atoms with van der Waals surface area (Å²) in [5.41, 5.74) is 0. The van der Waals surface area contributed by atoms with Gasteiger partial charge in [-0.25, -0.2) is 4.98 Å². The Hall–Kier alpha value is -0.870. The molecule has 20 heavy (non-hydrogen) atoms. The van der Waals surface area contributed by atoms with Crippen LogP contribution in [0, 0.1) is 6.92 Å². The standard InChI is InChI=1S/C15H21ClN2OS/c1-4-5-6-7-8-10(2)19-13-12-9-11(3)20-14(12)18-15(16)17-13/h9-10H,4-8H2,1-3H3. The van der Waals surface area contributed by atoms with E-state index in [4.69, 9.17) is 16.3 Å². The normalized spacial score (nSPS) is 12.8. The van der Waals surface area contributed by atoms with E-state index < -0.39 is 0 Å². The summed E-state index contributed by atoms with van der Waals surface area (Å²) in [6.45, 7) is 6.36. The Morgan fingerprint density at radius 1 is 1.30 bits per heavy atom. The summed E-state index contributed by atoms with van der Waals surface area (Å²) in [6, 6.07) is 2.06. The molecule has 110 valence electrons. The zero-order valence-electron chi connectivity index (χ0n) is 12.3. The highest BCUT2D eigenvalue weighted by molar-refractivity contribution is 7.18. The molecule has 0 saturated heterocycles. The SMILES string of the molecule is CCCCCCC(C)Oc1nc(Cl)nc2sc(C)cc12. The number of aromatic nitrogens is 2. The van der Waals surface area contributed by atoms with Crippen LogP contribution >= 0.6 is 22.9 Å². The van der Waals surface area contributed by atoms with Gasteiger partial charge in [0, 0.05) is 4.88 Å². The van der Waals surface area contributed by atoms with E-state index in [2.05, 4.69) is 36.8 Å². The van der Waals surface area contributed by atoms with Crippen LogP contribution in [0.15, 0.2) is 6.07 Å². The van der Waals surface area contributed by atoms with Crippen LogP contribution in [0.1, 0.15) is 50.8 Å². The largest absolute Gasteiger partial charge is 0.474 e. The van der Waals surface area contributed by atoms with Gasteiger partial charge < -0.3 is 4.74 Å². The maximum absolute atomic E-state index is 5.97. The van der Waals surface area contributed by atoms with Gasteiger partial charge >= 0.3 is 0 Å². The van der Waals surface area contributed by atoms with E-state index in [1.807, 2.05) is 0 Å². The van der Waals surface area contributed by atoms with Crippen LogP contribution in [0.3, 0.4) is 0 Å². The highest BCUT2D eigenvalue weighted by Gasteiger charge is 2.13. The molecule has 0 aromatic carbocycles. The first-order chi connectivity index (χ1) is 9.60. The van der Waals surface area contributed by atoms with E-state index in [0.717, 1.165) is 16.6 Å². The zero-order valence-corrected chi connectivity index (χ0v) is 13.9. The van der Waals surface area contributed by atoms with Crippen molar-refractivity contribution >= 4 is 33.2 Å². The van der Waals surface area contributed by atoms with Crippen LogP contribution in [0.5, 0.6) is 5.88 Å². The number of fused-ring (bicyclic) bond motifs is 1. The molecule has 2 aromatic rings. The number of thiophene rings is 1. The third-order valence-corrected chi connectivity index (χ3v) is 4.34. The Morgan fingerprint density at radius 2 is 2.10 bits per heavy atom. The van der Waals surface area contributed by atoms with E-state index in [0.29, 0.717) is 5.88 Å². The molecule has 0 saturated carbocycles. The lowest BCUT2D eigenvalue weighted by Gasteiger charge is -2.14. The van der Waals surface area contributed by atoms with Crippen molar-refractivity contribution in [3.05, 3.63) is 16.2 Å². The summed E-state index contributed by atoms with van der Waals surface area (Å²) < 4.78 is 5.97. The van der Waals surface area contributed by atoms with Gasteiger partial charge in [0.15, 0.2) is 0 Å². The van der Waals surface area contributed by atoms with E-state index >= 15 is 0 Å². The average molecular weight is 313 g/mol. The molecular weight excluding hydrogens is 292 g/mol. The molecule has 0 aliphatic heterocycles. The summed E-state index contributed by atoms with van der Waals surface area (Å²) in [5, 5.41) is 1.23. The van der Waals surface area contributed by atoms with Gasteiger partial charge in [-0.1, -0.05) is 26.2 Å². The number of hydrogen-bond donors (Lipinski definition) is 0. The van der Waals surface area contributed by atoms with Crippen molar-refractivity contribution in [1.82, 2.24) is 9.97 Å². The minimum absolute atomic E-state index is 0.154. The van der Waals surface area contributed by atoms with Crippen molar-refractivity contribution in [2.75, 3.05) is 0 Å². The first-order valence-electron chi connectivity index (χ1n) is 7.20. The highest BCUT2D eigenvalue weighted by atomic mass is 35.5. The Bertz CT molecular complexity index is 570. The highest BCUT2D eigenvalue weighted by Crippen LogP contribution is 2.31. The fraction of sp³-hybridized carbons (Fsp3) is 0.600. The fourth-order valence-electron chi connectivity index (χ4n) is 2.19. The van der Waals surface area contributed by atoms with Gasteiger partial charge in [0.2, 0.25) is 11.2 Å². The monoisotopic (exact) mass is 312 g/mol. The molecule has 1 unspecified atom stereocenters. The van der Waals surface area contributed by atoms with Crippen molar-refractivity contribution in [2.24, 2.45) is 0 Å². The molecule has 0 N–H and O–H groups in total. The van der Waals surface area contributed by atoms with Gasteiger partial charge in [0.25, 0.3) is 0 Å². The van der Waals surface area contributed by atoms with Crippen molar-refractivity contribution in [3.63, 3.8) is 0 Å². The maximum atomic E-state index is 5.97. The van der Waals surface area contributed by atoms with Crippen LogP contribution in [-0.4, -0.2) is 16.1 Å². The Kier molecular flexibility index (Phi) is 5.61. The van der Waals surface area contributed by atoms with Gasteiger partial charge in [-0.05, 0) is 44.4 Å². The third-order valence-electron chi connectivity index (χ3n) is 3.23. The number of rotatable bonds is 7. The summed E-state index contributed by atoms with van der Waals surface area (Å²) in [6.07, 6.45) is 6.21. The number of unbranched alkanes of at least 4 members (excludes halogenated alkanes) is 3. The molecule has 0 spiro atoms. The summed E-state index contributed by atoms with van der Waals surface area (Å²) in [5.74, 6) is 0.618. The van der Waals surface area contributed by atoms with Crippen LogP contribution in [-0.2, 0) is 0 Å². The first-order valence-corrected chi connectivity index (χ1v) is 8.40. The van der Waals surface area contributed by atoms with Crippen LogP contribution in [0.2, 0.25) is 5.28 Å². The van der Waals surface area contributed by atoms with E-state index in [-0.39, 0.29) is 11.4 Å². The molecular formula is C15H21ClN2OS. The smallest absolute Gasteiger partial charge is 0.227 e. The van der Waals surface area contributed by atoms with Gasteiger partial charge in [-0.2, -0.15) is 4.98 Å². The number of aryl methyl sites for hydroxylation is 1. The Morgan fingerprint density at radius 3 is 2.85 bits per heavy atom. The van der Waals surface area contributed by atoms with Crippen molar-refractivity contribution in [1.29, 1.82) is 0 Å². The van der Waals surface area contributed by atoms with E-state index in [9.17, 15) is 0 Å². The lowest BCUT2D eigenvalue weighted by Crippen LogP contribution is -2.12. The number of hydrogen-bond acceptors (Lipinski definition) is 4. The number of nitrogens with zero attached hydrogens (tertiary/aromatic N) is 2. The molecule has 0 bridgehead atoms. The molecule has 1 atom stereocenters. The molecule has 2 heterocycles. The van der Waals surface area contributed by atoms with E-state index in [1.54, 1.807) is 11.3 Å². The molecule has 5 heteroatoms. The van der Waals surface area contributed by atoms with Crippen molar-refractivity contribution < 1.29 is 4.74 Å².